The summed E-state index contributed by atoms with van der Waals surface area (Å²) in [6, 6.07) is 16.7. The van der Waals surface area contributed by atoms with E-state index < -0.39 is 34.2 Å². The lowest BCUT2D eigenvalue weighted by Crippen LogP contribution is -2.38. The summed E-state index contributed by atoms with van der Waals surface area (Å²) >= 11 is 0. The monoisotopic (exact) mass is 835 g/mol. The number of carbonyl (C=O) groups is 4. The van der Waals surface area contributed by atoms with E-state index in [0.29, 0.717) is 78.0 Å². The molecular weight excluding hydrogens is 761 g/mol. The fraction of sp³-hybridized carbons (Fsp3) is 0.667. The lowest BCUT2D eigenvalue weighted by atomic mass is 9.85. The normalized spacial score (nSPS) is 18.6. The van der Waals surface area contributed by atoms with E-state index in [9.17, 15) is 19.2 Å². The summed E-state index contributed by atoms with van der Waals surface area (Å²) in [6.45, 7) is 26.8. The van der Waals surface area contributed by atoms with Crippen molar-refractivity contribution in [1.29, 1.82) is 0 Å². The van der Waals surface area contributed by atoms with Crippen LogP contribution in [-0.4, -0.2) is 100 Å². The lowest BCUT2D eigenvalue weighted by molar-refractivity contribution is -0.163. The maximum absolute atomic E-state index is 13.7. The summed E-state index contributed by atoms with van der Waals surface area (Å²) in [4.78, 5) is 59.0. The Morgan fingerprint density at radius 3 is 1.28 bits per heavy atom. The van der Waals surface area contributed by atoms with Crippen LogP contribution in [0.5, 0.6) is 0 Å². The van der Waals surface area contributed by atoms with Crippen molar-refractivity contribution in [1.82, 2.24) is 14.7 Å². The van der Waals surface area contributed by atoms with Gasteiger partial charge in [0.15, 0.2) is 0 Å². The van der Waals surface area contributed by atoms with E-state index in [-0.39, 0.29) is 36.0 Å². The zero-order valence-electron chi connectivity index (χ0n) is 38.6. The van der Waals surface area contributed by atoms with Crippen LogP contribution in [0.1, 0.15) is 118 Å². The van der Waals surface area contributed by atoms with Crippen LogP contribution in [0.3, 0.4) is 0 Å². The predicted octanol–water partition coefficient (Wildman–Crippen LogP) is 8.16. The highest BCUT2D eigenvalue weighted by Crippen LogP contribution is 2.33. The minimum Gasteiger partial charge on any atom is -0.460 e. The number of nitrogens with two attached hydrogens (primary N) is 1. The average molecular weight is 835 g/mol. The molecule has 0 saturated carbocycles. The van der Waals surface area contributed by atoms with Gasteiger partial charge in [-0.3, -0.25) is 14.5 Å². The van der Waals surface area contributed by atoms with Crippen molar-refractivity contribution in [3.63, 3.8) is 0 Å². The van der Waals surface area contributed by atoms with Crippen molar-refractivity contribution in [2.75, 3.05) is 39.3 Å². The van der Waals surface area contributed by atoms with Crippen molar-refractivity contribution < 1.29 is 38.1 Å². The van der Waals surface area contributed by atoms with Crippen LogP contribution >= 0.6 is 0 Å². The number of nitrogens with zero attached hydrogens (tertiary/aromatic N) is 3. The van der Waals surface area contributed by atoms with E-state index in [0.717, 1.165) is 22.3 Å². The van der Waals surface area contributed by atoms with Crippen molar-refractivity contribution in [2.24, 2.45) is 29.4 Å². The summed E-state index contributed by atoms with van der Waals surface area (Å²) in [6.07, 6.45) is 1.65. The highest BCUT2D eigenvalue weighted by molar-refractivity contribution is 5.75. The molecule has 2 fully saturated rings. The van der Waals surface area contributed by atoms with E-state index in [2.05, 4.69) is 41.3 Å². The Labute approximate surface area is 359 Å². The van der Waals surface area contributed by atoms with Gasteiger partial charge in [0.25, 0.3) is 0 Å². The molecule has 2 aromatic carbocycles. The molecule has 2 N–H and O–H groups in total. The summed E-state index contributed by atoms with van der Waals surface area (Å²) in [5.74, 6) is -1.49. The highest BCUT2D eigenvalue weighted by Gasteiger charge is 2.41. The first-order chi connectivity index (χ1) is 27.8. The molecule has 2 heterocycles. The molecule has 12 heteroatoms. The lowest BCUT2D eigenvalue weighted by Gasteiger charge is -2.28. The second-order valence-electron chi connectivity index (χ2n) is 20.8. The number of esters is 2. The fourth-order valence-corrected chi connectivity index (χ4v) is 7.99. The average Bonchev–Trinajstić information content (AvgIpc) is 3.78. The summed E-state index contributed by atoms with van der Waals surface area (Å²) < 4.78 is 23.2. The minimum atomic E-state index is -0.642. The minimum absolute atomic E-state index is 0.0652. The van der Waals surface area contributed by atoms with Crippen molar-refractivity contribution in [2.45, 2.75) is 144 Å². The quantitative estimate of drug-likeness (QED) is 0.146. The molecule has 0 aliphatic carbocycles. The van der Waals surface area contributed by atoms with E-state index in [4.69, 9.17) is 24.7 Å². The molecule has 2 aliphatic heterocycles. The zero-order valence-corrected chi connectivity index (χ0v) is 38.6. The smallest absolute Gasteiger partial charge is 0.410 e. The van der Waals surface area contributed by atoms with Gasteiger partial charge in [-0.05, 0) is 143 Å². The third-order valence-corrected chi connectivity index (χ3v) is 10.5. The topological polar surface area (TPSA) is 141 Å². The molecule has 2 saturated heterocycles. The van der Waals surface area contributed by atoms with E-state index in [1.54, 1.807) is 9.80 Å². The molecule has 0 radical (unpaired) electrons. The third kappa shape index (κ3) is 16.0. The third-order valence-electron chi connectivity index (χ3n) is 10.5. The number of carbonyl (C=O) groups excluding carboxylic acids is 4. The molecule has 12 nitrogen and oxygen atoms in total. The molecule has 334 valence electrons. The Balaban J connectivity index is 1.49. The van der Waals surface area contributed by atoms with Gasteiger partial charge in [-0.25, -0.2) is 9.59 Å². The summed E-state index contributed by atoms with van der Waals surface area (Å²) in [5, 5.41) is 0. The maximum Gasteiger partial charge on any atom is 0.410 e. The standard InChI is InChI=1S/C48H74N4O8/c1-45(2,3)57-41(53)39(37-19-22-51(31-37)43(55)59-47(7,8)9)27-33-15-13-17-35(25-33)29-50(24-21-49)30-36-18-14-16-34(26-36)28-40(42(54)58-46(4,5)6)38-20-23-52(32-38)44(56)60-48(10,11)12/h13-18,25-26,37-40H,19-24,27-32,49H2,1-12H3/t37-,38-,39-,40-/m0/s1. The van der Waals surface area contributed by atoms with Crippen LogP contribution in [0.2, 0.25) is 0 Å². The first-order valence-electron chi connectivity index (χ1n) is 21.8. The van der Waals surface area contributed by atoms with Crippen LogP contribution in [0.15, 0.2) is 48.5 Å². The van der Waals surface area contributed by atoms with Crippen LogP contribution in [0, 0.1) is 23.7 Å². The second kappa shape index (κ2) is 20.1. The maximum atomic E-state index is 13.7. The largest absolute Gasteiger partial charge is 0.460 e. The Morgan fingerprint density at radius 2 is 0.950 bits per heavy atom. The molecular formula is C48H74N4O8. The number of hydrogen-bond donors (Lipinski definition) is 1. The summed E-state index contributed by atoms with van der Waals surface area (Å²) in [7, 11) is 0. The molecule has 2 amide bonds. The number of ether oxygens (including phenoxy) is 4. The van der Waals surface area contributed by atoms with Gasteiger partial charge in [0.2, 0.25) is 0 Å². The van der Waals surface area contributed by atoms with E-state index in [1.165, 1.54) is 0 Å². The van der Waals surface area contributed by atoms with E-state index >= 15 is 0 Å². The van der Waals surface area contributed by atoms with Gasteiger partial charge < -0.3 is 34.5 Å². The molecule has 0 bridgehead atoms. The Bertz CT molecular complexity index is 1640. The van der Waals surface area contributed by atoms with Crippen molar-refractivity contribution >= 4 is 24.1 Å². The summed E-state index contributed by atoms with van der Waals surface area (Å²) in [5.41, 5.74) is 7.92. The molecule has 2 aliphatic rings. The van der Waals surface area contributed by atoms with Gasteiger partial charge in [0.05, 0.1) is 11.8 Å². The van der Waals surface area contributed by atoms with Gasteiger partial charge in [0, 0.05) is 52.4 Å². The molecule has 2 aromatic rings. The number of rotatable bonds is 14. The predicted molar refractivity (Wildman–Crippen MR) is 234 cm³/mol. The first kappa shape index (κ1) is 48.5. The Hall–Kier alpha value is -4.16. The molecule has 60 heavy (non-hydrogen) atoms. The zero-order chi connectivity index (χ0) is 44.6. The number of likely N-dealkylation sites (tertiary alicyclic amines) is 2. The molecule has 0 unspecified atom stereocenters. The van der Waals surface area contributed by atoms with Gasteiger partial charge in [-0.2, -0.15) is 0 Å². The van der Waals surface area contributed by atoms with Crippen molar-refractivity contribution in [3.05, 3.63) is 70.8 Å². The number of hydrogen-bond acceptors (Lipinski definition) is 10. The number of benzene rings is 2. The van der Waals surface area contributed by atoms with Gasteiger partial charge in [0.1, 0.15) is 22.4 Å². The highest BCUT2D eigenvalue weighted by atomic mass is 16.6. The molecule has 4 atom stereocenters. The fourth-order valence-electron chi connectivity index (χ4n) is 7.99. The van der Waals surface area contributed by atoms with Crippen LogP contribution < -0.4 is 5.73 Å². The Morgan fingerprint density at radius 1 is 0.600 bits per heavy atom. The molecule has 4 rings (SSSR count). The van der Waals surface area contributed by atoms with E-state index in [1.807, 2.05) is 95.2 Å². The van der Waals surface area contributed by atoms with Gasteiger partial charge in [-0.15, -0.1) is 0 Å². The van der Waals surface area contributed by atoms with Crippen LogP contribution in [0.4, 0.5) is 9.59 Å². The molecule has 0 aromatic heterocycles. The van der Waals surface area contributed by atoms with Gasteiger partial charge in [-0.1, -0.05) is 48.5 Å². The van der Waals surface area contributed by atoms with Crippen molar-refractivity contribution in [3.8, 4) is 0 Å². The SMILES string of the molecule is CC(C)(C)OC(=O)[C@@H](Cc1cccc(CN(CCN)Cc2cccc(C[C@H](C(=O)OC(C)(C)C)[C@H]3CCN(C(=O)OC(C)(C)C)C3)c2)c1)[C@H]1CCN(C(=O)OC(C)(C)C)C1. The van der Waals surface area contributed by atoms with Crippen LogP contribution in [0.25, 0.3) is 0 Å². The molecule has 0 spiro atoms. The van der Waals surface area contributed by atoms with Gasteiger partial charge >= 0.3 is 24.1 Å². The first-order valence-corrected chi connectivity index (χ1v) is 21.8. The Kier molecular flexibility index (Phi) is 16.3. The van der Waals surface area contributed by atoms with Crippen LogP contribution in [-0.2, 0) is 54.5 Å². The second-order valence-corrected chi connectivity index (χ2v) is 20.8. The number of amides is 2.